The SMILES string of the molecule is CC1(C)CC2(CCO1)Oc1ccc(Br)cc1C1CC(c3ccc4ccccc4c3)=NN12. The van der Waals surface area contributed by atoms with E-state index in [2.05, 4.69) is 95.5 Å². The molecular formula is C26H25BrN2O2. The van der Waals surface area contributed by atoms with Crippen molar-refractivity contribution in [3.63, 3.8) is 0 Å². The number of nitrogens with zero attached hydrogens (tertiary/aromatic N) is 2. The minimum Gasteiger partial charge on any atom is -0.466 e. The molecular weight excluding hydrogens is 452 g/mol. The molecule has 1 fully saturated rings. The van der Waals surface area contributed by atoms with Crippen LogP contribution in [0.2, 0.25) is 0 Å². The van der Waals surface area contributed by atoms with Crippen LogP contribution in [0, 0.1) is 0 Å². The van der Waals surface area contributed by atoms with E-state index >= 15 is 0 Å². The molecule has 2 atom stereocenters. The normalized spacial score (nSPS) is 26.4. The highest BCUT2D eigenvalue weighted by molar-refractivity contribution is 9.10. The van der Waals surface area contributed by atoms with E-state index in [9.17, 15) is 0 Å². The van der Waals surface area contributed by atoms with E-state index in [0.717, 1.165) is 35.2 Å². The fraction of sp³-hybridized carbons (Fsp3) is 0.346. The first kappa shape index (κ1) is 19.3. The third-order valence-corrected chi connectivity index (χ3v) is 7.22. The maximum atomic E-state index is 6.74. The molecule has 6 rings (SSSR count). The standard InChI is InChI=1S/C26H25BrN2O2/c1-25(2)16-26(11-12-30-25)29-23(21-14-20(27)9-10-24(21)31-26)15-22(28-29)19-8-7-17-5-3-4-6-18(17)13-19/h3-10,13-14,23H,11-12,15-16H2,1-2H3. The number of rotatable bonds is 1. The van der Waals surface area contributed by atoms with Crippen LogP contribution in [0.25, 0.3) is 10.8 Å². The molecule has 3 aliphatic rings. The molecule has 3 aromatic rings. The summed E-state index contributed by atoms with van der Waals surface area (Å²) in [5.41, 5.74) is 2.77. The molecule has 0 aromatic heterocycles. The van der Waals surface area contributed by atoms with Gasteiger partial charge in [0.05, 0.1) is 24.0 Å². The van der Waals surface area contributed by atoms with Gasteiger partial charge in [-0.2, -0.15) is 5.10 Å². The minimum atomic E-state index is -0.480. The summed E-state index contributed by atoms with van der Waals surface area (Å²) >= 11 is 3.65. The summed E-state index contributed by atoms with van der Waals surface area (Å²) < 4.78 is 13.8. The predicted molar refractivity (Wildman–Crippen MR) is 126 cm³/mol. The Bertz CT molecular complexity index is 1220. The summed E-state index contributed by atoms with van der Waals surface area (Å²) in [5.74, 6) is 0.970. The Morgan fingerprint density at radius 1 is 1.03 bits per heavy atom. The van der Waals surface area contributed by atoms with Gasteiger partial charge in [-0.05, 0) is 54.4 Å². The summed E-state index contributed by atoms with van der Waals surface area (Å²) in [4.78, 5) is 0. The van der Waals surface area contributed by atoms with Gasteiger partial charge in [-0.25, -0.2) is 5.01 Å². The highest BCUT2D eigenvalue weighted by Crippen LogP contribution is 2.52. The summed E-state index contributed by atoms with van der Waals surface area (Å²) in [6.45, 7) is 4.96. The highest BCUT2D eigenvalue weighted by Gasteiger charge is 2.54. The first-order valence-corrected chi connectivity index (χ1v) is 11.7. The van der Waals surface area contributed by atoms with Crippen molar-refractivity contribution in [1.82, 2.24) is 5.01 Å². The Kier molecular flexibility index (Phi) is 4.25. The van der Waals surface area contributed by atoms with Crippen molar-refractivity contribution in [3.8, 4) is 5.75 Å². The lowest BCUT2D eigenvalue weighted by Crippen LogP contribution is -2.60. The van der Waals surface area contributed by atoms with Crippen LogP contribution in [0.3, 0.4) is 0 Å². The number of hydrogen-bond acceptors (Lipinski definition) is 4. The zero-order valence-corrected chi connectivity index (χ0v) is 19.4. The molecule has 5 heteroatoms. The number of ether oxygens (including phenoxy) is 2. The van der Waals surface area contributed by atoms with Gasteiger partial charge in [0.2, 0.25) is 5.72 Å². The van der Waals surface area contributed by atoms with Crippen LogP contribution in [-0.2, 0) is 4.74 Å². The third kappa shape index (κ3) is 3.17. The average molecular weight is 477 g/mol. The molecule has 4 nitrogen and oxygen atoms in total. The zero-order valence-electron chi connectivity index (χ0n) is 17.8. The van der Waals surface area contributed by atoms with Crippen molar-refractivity contribution in [2.24, 2.45) is 5.10 Å². The molecule has 1 spiro atoms. The van der Waals surface area contributed by atoms with E-state index in [0.29, 0.717) is 6.61 Å². The van der Waals surface area contributed by atoms with E-state index < -0.39 is 5.72 Å². The average Bonchev–Trinajstić information content (AvgIpc) is 3.20. The van der Waals surface area contributed by atoms with Gasteiger partial charge >= 0.3 is 0 Å². The number of halogens is 1. The molecule has 0 amide bonds. The van der Waals surface area contributed by atoms with Gasteiger partial charge in [0.25, 0.3) is 0 Å². The van der Waals surface area contributed by atoms with Crippen molar-refractivity contribution in [2.75, 3.05) is 6.61 Å². The Morgan fingerprint density at radius 2 is 1.87 bits per heavy atom. The van der Waals surface area contributed by atoms with Crippen molar-refractivity contribution in [1.29, 1.82) is 0 Å². The molecule has 0 bridgehead atoms. The van der Waals surface area contributed by atoms with Gasteiger partial charge in [-0.15, -0.1) is 0 Å². The quantitative estimate of drug-likeness (QED) is 0.405. The van der Waals surface area contributed by atoms with E-state index in [1.165, 1.54) is 21.9 Å². The molecule has 158 valence electrons. The Morgan fingerprint density at radius 3 is 2.71 bits per heavy atom. The van der Waals surface area contributed by atoms with E-state index in [1.807, 2.05) is 0 Å². The minimum absolute atomic E-state index is 0.164. The second-order valence-corrected chi connectivity index (χ2v) is 10.4. The molecule has 0 saturated carbocycles. The van der Waals surface area contributed by atoms with Gasteiger partial charge in [0, 0.05) is 29.3 Å². The lowest BCUT2D eigenvalue weighted by Gasteiger charge is -2.52. The van der Waals surface area contributed by atoms with Gasteiger partial charge in [0.1, 0.15) is 5.75 Å². The largest absolute Gasteiger partial charge is 0.466 e. The molecule has 2 unspecified atom stereocenters. The van der Waals surface area contributed by atoms with Crippen molar-refractivity contribution in [2.45, 2.75) is 50.5 Å². The topological polar surface area (TPSA) is 34.1 Å². The Hall–Kier alpha value is -2.37. The molecule has 0 N–H and O–H groups in total. The smallest absolute Gasteiger partial charge is 0.203 e. The Labute approximate surface area is 191 Å². The van der Waals surface area contributed by atoms with Crippen molar-refractivity contribution in [3.05, 3.63) is 76.3 Å². The maximum Gasteiger partial charge on any atom is 0.203 e. The summed E-state index contributed by atoms with van der Waals surface area (Å²) in [6, 6.07) is 21.6. The summed E-state index contributed by atoms with van der Waals surface area (Å²) in [5, 5.41) is 9.96. The summed E-state index contributed by atoms with van der Waals surface area (Å²) in [7, 11) is 0. The first-order valence-electron chi connectivity index (χ1n) is 10.9. The van der Waals surface area contributed by atoms with Crippen LogP contribution in [0.5, 0.6) is 5.75 Å². The third-order valence-electron chi connectivity index (χ3n) is 6.73. The molecule has 0 aliphatic carbocycles. The number of benzene rings is 3. The molecule has 3 aromatic carbocycles. The van der Waals surface area contributed by atoms with Gasteiger partial charge in [-0.1, -0.05) is 52.3 Å². The highest BCUT2D eigenvalue weighted by atomic mass is 79.9. The molecule has 1 saturated heterocycles. The van der Waals surface area contributed by atoms with Crippen molar-refractivity contribution < 1.29 is 9.47 Å². The van der Waals surface area contributed by atoms with Gasteiger partial charge < -0.3 is 9.47 Å². The lowest BCUT2D eigenvalue weighted by molar-refractivity contribution is -0.212. The van der Waals surface area contributed by atoms with E-state index in [4.69, 9.17) is 14.6 Å². The first-order chi connectivity index (χ1) is 14.9. The van der Waals surface area contributed by atoms with Crippen LogP contribution >= 0.6 is 15.9 Å². The molecule has 3 heterocycles. The van der Waals surface area contributed by atoms with E-state index in [1.54, 1.807) is 0 Å². The molecule has 3 aliphatic heterocycles. The van der Waals surface area contributed by atoms with Crippen LogP contribution in [0.4, 0.5) is 0 Å². The van der Waals surface area contributed by atoms with E-state index in [-0.39, 0.29) is 11.6 Å². The number of fused-ring (bicyclic) bond motifs is 5. The second kappa shape index (κ2) is 6.81. The van der Waals surface area contributed by atoms with Crippen LogP contribution in [0.15, 0.2) is 70.2 Å². The molecule has 0 radical (unpaired) electrons. The van der Waals surface area contributed by atoms with Crippen LogP contribution < -0.4 is 4.74 Å². The maximum absolute atomic E-state index is 6.74. The second-order valence-electron chi connectivity index (χ2n) is 9.44. The fourth-order valence-corrected chi connectivity index (χ4v) is 5.75. The van der Waals surface area contributed by atoms with Crippen LogP contribution in [0.1, 0.15) is 50.3 Å². The lowest BCUT2D eigenvalue weighted by atomic mass is 9.86. The van der Waals surface area contributed by atoms with Crippen molar-refractivity contribution >= 4 is 32.4 Å². The Balaban J connectivity index is 1.47. The van der Waals surface area contributed by atoms with Crippen LogP contribution in [-0.4, -0.2) is 28.7 Å². The number of hydrazone groups is 1. The predicted octanol–water partition coefficient (Wildman–Crippen LogP) is 6.43. The monoisotopic (exact) mass is 476 g/mol. The fourth-order valence-electron chi connectivity index (χ4n) is 5.37. The molecule has 31 heavy (non-hydrogen) atoms. The summed E-state index contributed by atoms with van der Waals surface area (Å²) in [6.07, 6.45) is 2.45. The number of hydrogen-bond donors (Lipinski definition) is 0. The zero-order chi connectivity index (χ0) is 21.2. The van der Waals surface area contributed by atoms with Gasteiger partial charge in [0.15, 0.2) is 0 Å². The van der Waals surface area contributed by atoms with Gasteiger partial charge in [-0.3, -0.25) is 0 Å².